The van der Waals surface area contributed by atoms with Crippen molar-refractivity contribution < 1.29 is 38.2 Å². The van der Waals surface area contributed by atoms with Crippen molar-refractivity contribution in [3.8, 4) is 0 Å². The van der Waals surface area contributed by atoms with E-state index in [0.717, 1.165) is 11.1 Å². The summed E-state index contributed by atoms with van der Waals surface area (Å²) in [5.41, 5.74) is -0.449. The second-order valence-corrected chi connectivity index (χ2v) is 16.1. The summed E-state index contributed by atoms with van der Waals surface area (Å²) in [5.74, 6) is -1.89. The van der Waals surface area contributed by atoms with E-state index in [0.29, 0.717) is 17.6 Å². The van der Waals surface area contributed by atoms with Gasteiger partial charge in [0.1, 0.15) is 33.9 Å². The lowest BCUT2D eigenvalue weighted by Gasteiger charge is -2.49. The molecular formula is C38H45N3O8S. The van der Waals surface area contributed by atoms with Gasteiger partial charge in [0.15, 0.2) is 6.10 Å². The average molecular weight is 704 g/mol. The van der Waals surface area contributed by atoms with Crippen molar-refractivity contribution in [3.05, 3.63) is 94.7 Å². The molecule has 2 saturated heterocycles. The van der Waals surface area contributed by atoms with Crippen LogP contribution in [0.3, 0.4) is 0 Å². The molecule has 12 heteroatoms. The third kappa shape index (κ3) is 7.90. The van der Waals surface area contributed by atoms with Crippen LogP contribution in [0.1, 0.15) is 79.0 Å². The summed E-state index contributed by atoms with van der Waals surface area (Å²) in [4.78, 5) is 70.4. The van der Waals surface area contributed by atoms with Crippen LogP contribution >= 0.6 is 11.8 Å². The minimum atomic E-state index is -1.24. The van der Waals surface area contributed by atoms with Crippen molar-refractivity contribution in [1.82, 2.24) is 15.1 Å². The van der Waals surface area contributed by atoms with Gasteiger partial charge in [0.2, 0.25) is 0 Å². The highest BCUT2D eigenvalue weighted by molar-refractivity contribution is 8.00. The van der Waals surface area contributed by atoms with Crippen molar-refractivity contribution in [1.29, 1.82) is 0 Å². The van der Waals surface area contributed by atoms with E-state index in [1.54, 1.807) is 61.5 Å². The smallest absolute Gasteiger partial charge is 0.408 e. The molecule has 0 saturated carbocycles. The Kier molecular flexibility index (Phi) is 10.3. The van der Waals surface area contributed by atoms with Gasteiger partial charge in [0.05, 0.1) is 0 Å². The monoisotopic (exact) mass is 703 g/mol. The molecule has 5 rings (SSSR count). The van der Waals surface area contributed by atoms with Crippen molar-refractivity contribution in [2.45, 2.75) is 96.1 Å². The fourth-order valence-electron chi connectivity index (χ4n) is 5.93. The van der Waals surface area contributed by atoms with Gasteiger partial charge < -0.3 is 24.4 Å². The predicted molar refractivity (Wildman–Crippen MR) is 188 cm³/mol. The molecule has 0 aromatic heterocycles. The van der Waals surface area contributed by atoms with Crippen LogP contribution in [-0.2, 0) is 33.4 Å². The van der Waals surface area contributed by atoms with Crippen LogP contribution in [0, 0.1) is 0 Å². The average Bonchev–Trinajstić information content (AvgIpc) is 3.41. The van der Waals surface area contributed by atoms with Crippen LogP contribution in [0.4, 0.5) is 4.79 Å². The van der Waals surface area contributed by atoms with Crippen molar-refractivity contribution in [2.24, 2.45) is 0 Å². The quantitative estimate of drug-likeness (QED) is 0.160. The Labute approximate surface area is 297 Å². The van der Waals surface area contributed by atoms with Gasteiger partial charge in [0, 0.05) is 17.9 Å². The first-order valence-electron chi connectivity index (χ1n) is 16.6. The van der Waals surface area contributed by atoms with Gasteiger partial charge in [-0.15, -0.1) is 11.8 Å². The molecule has 3 amide bonds. The van der Waals surface area contributed by atoms with Crippen molar-refractivity contribution in [2.75, 3.05) is 12.3 Å². The SMILES string of the molecule is CC(C)(C)OC(=O)NC1C(=O)N2C(C(=O)OC(c3ccccc3)c3ccccc3)=C(/C=C3\CCN(C(C)(C)C(=O)OC(C)(C)C)C3=O)CSC12. The van der Waals surface area contributed by atoms with Crippen LogP contribution < -0.4 is 5.32 Å². The number of esters is 2. The van der Waals surface area contributed by atoms with Gasteiger partial charge in [-0.25, -0.2) is 14.4 Å². The maximum Gasteiger partial charge on any atom is 0.408 e. The number of likely N-dealkylation sites (tertiary alicyclic amines) is 1. The molecule has 3 heterocycles. The lowest BCUT2D eigenvalue weighted by Crippen LogP contribution is -2.70. The summed E-state index contributed by atoms with van der Waals surface area (Å²) in [6.45, 7) is 14.0. The molecule has 0 radical (unpaired) electrons. The Hall–Kier alpha value is -4.58. The van der Waals surface area contributed by atoms with Gasteiger partial charge >= 0.3 is 18.0 Å². The van der Waals surface area contributed by atoms with Crippen molar-refractivity contribution in [3.63, 3.8) is 0 Å². The molecule has 0 bridgehead atoms. The summed E-state index contributed by atoms with van der Waals surface area (Å²) in [7, 11) is 0. The molecule has 11 nitrogen and oxygen atoms in total. The van der Waals surface area contributed by atoms with Crippen LogP contribution in [0.15, 0.2) is 83.6 Å². The van der Waals surface area contributed by atoms with E-state index in [-0.39, 0.29) is 23.9 Å². The van der Waals surface area contributed by atoms with E-state index in [1.165, 1.54) is 21.6 Å². The fraction of sp³-hybridized carbons (Fsp3) is 0.447. The number of rotatable bonds is 8. The second kappa shape index (κ2) is 14.0. The number of fused-ring (bicyclic) bond motifs is 1. The molecule has 50 heavy (non-hydrogen) atoms. The van der Waals surface area contributed by atoms with Gasteiger partial charge in [-0.1, -0.05) is 60.7 Å². The zero-order valence-corrected chi connectivity index (χ0v) is 30.6. The maximum atomic E-state index is 14.3. The molecule has 2 atom stereocenters. The lowest BCUT2D eigenvalue weighted by atomic mass is 10.00. The Morgan fingerprint density at radius 1 is 0.860 bits per heavy atom. The molecule has 2 aromatic rings. The Morgan fingerprint density at radius 2 is 1.42 bits per heavy atom. The third-order valence-corrected chi connectivity index (χ3v) is 9.64. The number of alkyl carbamates (subject to hydrolysis) is 1. The Balaban J connectivity index is 1.50. The highest BCUT2D eigenvalue weighted by Gasteiger charge is 2.55. The number of nitrogens with one attached hydrogen (secondary N) is 1. The highest BCUT2D eigenvalue weighted by atomic mass is 32.2. The number of amides is 3. The summed E-state index contributed by atoms with van der Waals surface area (Å²) in [5, 5.41) is 2.05. The van der Waals surface area contributed by atoms with Crippen LogP contribution in [0.5, 0.6) is 0 Å². The largest absolute Gasteiger partial charge is 0.458 e. The van der Waals surface area contributed by atoms with E-state index in [2.05, 4.69) is 5.32 Å². The van der Waals surface area contributed by atoms with Gasteiger partial charge in [-0.2, -0.15) is 0 Å². The number of β-lactam (4-membered cyclic amide) rings is 1. The number of carbonyl (C=O) groups is 5. The van der Waals surface area contributed by atoms with Gasteiger partial charge in [0.25, 0.3) is 11.8 Å². The predicted octanol–water partition coefficient (Wildman–Crippen LogP) is 5.66. The maximum absolute atomic E-state index is 14.3. The zero-order valence-electron chi connectivity index (χ0n) is 29.8. The fourth-order valence-corrected chi connectivity index (χ4v) is 7.24. The topological polar surface area (TPSA) is 132 Å². The molecule has 2 unspecified atom stereocenters. The van der Waals surface area contributed by atoms with E-state index in [1.807, 2.05) is 60.7 Å². The number of hydrogen-bond acceptors (Lipinski definition) is 9. The highest BCUT2D eigenvalue weighted by Crippen LogP contribution is 2.43. The van der Waals surface area contributed by atoms with E-state index in [9.17, 15) is 24.0 Å². The van der Waals surface area contributed by atoms with Crippen LogP contribution in [0.2, 0.25) is 0 Å². The number of hydrogen-bond donors (Lipinski definition) is 1. The normalized spacial score (nSPS) is 20.5. The summed E-state index contributed by atoms with van der Waals surface area (Å²) in [6.07, 6.45) is 0.424. The van der Waals surface area contributed by atoms with Gasteiger partial charge in [-0.3, -0.25) is 14.5 Å². The number of allylic oxidation sites excluding steroid dienone is 1. The summed E-state index contributed by atoms with van der Waals surface area (Å²) < 4.78 is 17.2. The first kappa shape index (κ1) is 36.7. The van der Waals surface area contributed by atoms with E-state index >= 15 is 0 Å². The van der Waals surface area contributed by atoms with Crippen molar-refractivity contribution >= 4 is 41.6 Å². The molecule has 1 N–H and O–H groups in total. The molecule has 266 valence electrons. The molecule has 3 aliphatic rings. The molecule has 0 spiro atoms. The first-order chi connectivity index (χ1) is 23.4. The number of thioether (sulfide) groups is 1. The van der Waals surface area contributed by atoms with Crippen LogP contribution in [-0.4, -0.2) is 80.1 Å². The lowest BCUT2D eigenvalue weighted by molar-refractivity contribution is -0.170. The minimum Gasteiger partial charge on any atom is -0.458 e. The second-order valence-electron chi connectivity index (χ2n) is 15.0. The van der Waals surface area contributed by atoms with E-state index in [4.69, 9.17) is 14.2 Å². The number of carbonyl (C=O) groups excluding carboxylic acids is 5. The standard InChI is InChI=1S/C38H45N3O8S/c1-36(2,3)48-34(45)38(7,8)40-20-19-25(30(40)42)21-26-22-50-32-27(39-35(46)49-37(4,5)6)31(43)41(32)28(26)33(44)47-29(23-15-11-9-12-16-23)24-17-13-10-14-18-24/h9-18,21,27,29,32H,19-20,22H2,1-8H3,(H,39,46)/b25-21+. The molecule has 0 aliphatic carbocycles. The van der Waals surface area contributed by atoms with E-state index < -0.39 is 58.2 Å². The molecule has 2 aromatic carbocycles. The minimum absolute atomic E-state index is 0.00278. The Morgan fingerprint density at radius 3 is 1.96 bits per heavy atom. The molecule has 3 aliphatic heterocycles. The summed E-state index contributed by atoms with van der Waals surface area (Å²) >= 11 is 1.35. The zero-order chi connectivity index (χ0) is 36.6. The van der Waals surface area contributed by atoms with Gasteiger partial charge in [-0.05, 0) is 84.6 Å². The number of ether oxygens (including phenoxy) is 3. The molecular weight excluding hydrogens is 658 g/mol. The van der Waals surface area contributed by atoms with Crippen LogP contribution in [0.25, 0.3) is 0 Å². The Bertz CT molecular complexity index is 1680. The summed E-state index contributed by atoms with van der Waals surface area (Å²) in [6, 6.07) is 17.6. The number of nitrogens with zero attached hydrogens (tertiary/aromatic N) is 2. The molecule has 2 fully saturated rings. The number of benzene rings is 2. The third-order valence-electron chi connectivity index (χ3n) is 8.34. The first-order valence-corrected chi connectivity index (χ1v) is 17.7.